The van der Waals surface area contributed by atoms with Crippen LogP contribution in [0.5, 0.6) is 0 Å². The summed E-state index contributed by atoms with van der Waals surface area (Å²) < 4.78 is 0. The number of pyridine rings is 1. The Morgan fingerprint density at radius 1 is 1.08 bits per heavy atom. The molecule has 4 nitrogen and oxygen atoms in total. The van der Waals surface area contributed by atoms with Crippen molar-refractivity contribution < 1.29 is 0 Å². The average molecular weight is 330 g/mol. The highest BCUT2D eigenvalue weighted by molar-refractivity contribution is 5.92. The molecule has 0 aliphatic heterocycles. The summed E-state index contributed by atoms with van der Waals surface area (Å²) in [5.74, 6) is 0.464. The molecule has 0 atom stereocenters. The minimum absolute atomic E-state index is 0.464. The number of anilines is 1. The van der Waals surface area contributed by atoms with Gasteiger partial charge in [0.15, 0.2) is 5.96 Å². The second-order valence-electron chi connectivity index (χ2n) is 6.47. The Kier molecular flexibility index (Phi) is 4.34. The van der Waals surface area contributed by atoms with Gasteiger partial charge in [-0.1, -0.05) is 30.3 Å². The van der Waals surface area contributed by atoms with Gasteiger partial charge in [0.05, 0.1) is 5.52 Å². The van der Waals surface area contributed by atoms with Crippen molar-refractivity contribution in [1.82, 2.24) is 4.98 Å². The predicted octanol–water partition coefficient (Wildman–Crippen LogP) is 3.69. The number of nitrogens with two attached hydrogens (primary N) is 1. The third kappa shape index (κ3) is 3.48. The fourth-order valence-electron chi connectivity index (χ4n) is 3.50. The third-order valence-corrected chi connectivity index (χ3v) is 4.75. The molecule has 3 aromatic rings. The van der Waals surface area contributed by atoms with Crippen molar-refractivity contribution in [2.24, 2.45) is 10.7 Å². The number of aliphatic imine (C=N–C) groups is 1. The van der Waals surface area contributed by atoms with Gasteiger partial charge in [-0.2, -0.15) is 0 Å². The molecule has 0 saturated carbocycles. The van der Waals surface area contributed by atoms with Crippen molar-refractivity contribution in [3.8, 4) is 0 Å². The largest absolute Gasteiger partial charge is 0.370 e. The summed E-state index contributed by atoms with van der Waals surface area (Å²) in [4.78, 5) is 8.96. The van der Waals surface area contributed by atoms with Crippen LogP contribution in [0.1, 0.15) is 23.1 Å². The van der Waals surface area contributed by atoms with Gasteiger partial charge in [-0.05, 0) is 60.6 Å². The topological polar surface area (TPSA) is 63.3 Å². The van der Waals surface area contributed by atoms with Crippen molar-refractivity contribution in [2.75, 3.05) is 11.9 Å². The lowest BCUT2D eigenvalue weighted by atomic mass is 10.1. The van der Waals surface area contributed by atoms with E-state index >= 15 is 0 Å². The lowest BCUT2D eigenvalue weighted by molar-refractivity contribution is 0.912. The van der Waals surface area contributed by atoms with Crippen molar-refractivity contribution >= 4 is 22.5 Å². The van der Waals surface area contributed by atoms with E-state index in [0.29, 0.717) is 12.5 Å². The Balaban J connectivity index is 1.41. The Bertz CT molecular complexity index is 925. The van der Waals surface area contributed by atoms with E-state index in [9.17, 15) is 0 Å². The van der Waals surface area contributed by atoms with Gasteiger partial charge in [0, 0.05) is 23.8 Å². The zero-order valence-corrected chi connectivity index (χ0v) is 14.2. The molecule has 2 aromatic carbocycles. The highest BCUT2D eigenvalue weighted by Gasteiger charge is 2.10. The number of rotatable bonds is 4. The molecule has 1 aliphatic rings. The lowest BCUT2D eigenvalue weighted by Gasteiger charge is -2.08. The molecule has 0 radical (unpaired) electrons. The summed E-state index contributed by atoms with van der Waals surface area (Å²) in [5.41, 5.74) is 12.2. The summed E-state index contributed by atoms with van der Waals surface area (Å²) in [6.45, 7) is 0.638. The summed E-state index contributed by atoms with van der Waals surface area (Å²) in [6.07, 6.45) is 6.26. The maximum atomic E-state index is 6.05. The van der Waals surface area contributed by atoms with Crippen LogP contribution in [0.4, 0.5) is 5.69 Å². The van der Waals surface area contributed by atoms with Crippen LogP contribution in [0, 0.1) is 0 Å². The first-order chi connectivity index (χ1) is 12.3. The van der Waals surface area contributed by atoms with Gasteiger partial charge < -0.3 is 11.1 Å². The Labute approximate surface area is 147 Å². The number of nitrogens with zero attached hydrogens (tertiary/aromatic N) is 2. The van der Waals surface area contributed by atoms with Crippen molar-refractivity contribution in [3.05, 3.63) is 71.4 Å². The number of nitrogens with one attached hydrogen (secondary N) is 1. The molecule has 1 heterocycles. The van der Waals surface area contributed by atoms with Gasteiger partial charge in [0.2, 0.25) is 0 Å². The van der Waals surface area contributed by atoms with E-state index in [1.54, 1.807) is 0 Å². The number of para-hydroxylation sites is 1. The van der Waals surface area contributed by atoms with Crippen LogP contribution in [0.2, 0.25) is 0 Å². The highest BCUT2D eigenvalue weighted by atomic mass is 15.1. The molecule has 126 valence electrons. The molecule has 0 saturated heterocycles. The van der Waals surface area contributed by atoms with Gasteiger partial charge in [-0.15, -0.1) is 0 Å². The molecule has 0 amide bonds. The molecule has 3 N–H and O–H groups in total. The highest BCUT2D eigenvalue weighted by Crippen LogP contribution is 2.24. The van der Waals surface area contributed by atoms with Crippen LogP contribution in [0.25, 0.3) is 10.9 Å². The van der Waals surface area contributed by atoms with Gasteiger partial charge in [-0.3, -0.25) is 9.98 Å². The second kappa shape index (κ2) is 6.93. The zero-order chi connectivity index (χ0) is 17.1. The van der Waals surface area contributed by atoms with Crippen LogP contribution in [0.15, 0.2) is 59.7 Å². The van der Waals surface area contributed by atoms with Crippen molar-refractivity contribution in [1.29, 1.82) is 0 Å². The molecule has 0 bridgehead atoms. The third-order valence-electron chi connectivity index (χ3n) is 4.75. The standard InChI is InChI=1S/C21H22N4/c22-21(25-19-10-9-15-4-1-7-18(15)14-19)24-13-11-17-6-2-5-16-8-3-12-23-20(16)17/h2-3,5-6,8-10,12,14H,1,4,7,11,13H2,(H3,22,24,25). The first kappa shape index (κ1) is 15.6. The lowest BCUT2D eigenvalue weighted by Crippen LogP contribution is -2.23. The molecule has 4 heteroatoms. The molecule has 1 aliphatic carbocycles. The number of benzene rings is 2. The van der Waals surface area contributed by atoms with E-state index in [1.807, 2.05) is 12.3 Å². The number of hydrogen-bond acceptors (Lipinski definition) is 2. The number of guanidine groups is 1. The quantitative estimate of drug-likeness (QED) is 0.566. The van der Waals surface area contributed by atoms with Crippen LogP contribution in [-0.2, 0) is 19.3 Å². The Hall–Kier alpha value is -2.88. The fraction of sp³-hybridized carbons (Fsp3) is 0.238. The van der Waals surface area contributed by atoms with Gasteiger partial charge >= 0.3 is 0 Å². The van der Waals surface area contributed by atoms with Gasteiger partial charge in [-0.25, -0.2) is 0 Å². The normalized spacial score (nSPS) is 13.8. The van der Waals surface area contributed by atoms with Gasteiger partial charge in [0.1, 0.15) is 0 Å². The summed E-state index contributed by atoms with van der Waals surface area (Å²) in [5, 5.41) is 4.37. The van der Waals surface area contributed by atoms with Crippen molar-refractivity contribution in [3.63, 3.8) is 0 Å². The average Bonchev–Trinajstić information content (AvgIpc) is 3.10. The molecule has 4 rings (SSSR count). The summed E-state index contributed by atoms with van der Waals surface area (Å²) >= 11 is 0. The molecule has 0 spiro atoms. The molecule has 0 unspecified atom stereocenters. The van der Waals surface area contributed by atoms with E-state index in [-0.39, 0.29) is 0 Å². The van der Waals surface area contributed by atoms with Gasteiger partial charge in [0.25, 0.3) is 0 Å². The second-order valence-corrected chi connectivity index (χ2v) is 6.47. The number of aryl methyl sites for hydroxylation is 2. The number of aromatic nitrogens is 1. The first-order valence-corrected chi connectivity index (χ1v) is 8.81. The Morgan fingerprint density at radius 3 is 2.92 bits per heavy atom. The molecule has 0 fully saturated rings. The number of hydrogen-bond donors (Lipinski definition) is 2. The van der Waals surface area contributed by atoms with E-state index in [1.165, 1.54) is 29.5 Å². The van der Waals surface area contributed by atoms with Crippen LogP contribution < -0.4 is 11.1 Å². The monoisotopic (exact) mass is 330 g/mol. The molecular weight excluding hydrogens is 308 g/mol. The molecule has 1 aromatic heterocycles. The first-order valence-electron chi connectivity index (χ1n) is 8.81. The fourth-order valence-corrected chi connectivity index (χ4v) is 3.50. The summed E-state index contributed by atoms with van der Waals surface area (Å²) in [7, 11) is 0. The maximum Gasteiger partial charge on any atom is 0.193 e. The van der Waals surface area contributed by atoms with E-state index < -0.39 is 0 Å². The smallest absolute Gasteiger partial charge is 0.193 e. The number of fused-ring (bicyclic) bond motifs is 2. The summed E-state index contributed by atoms with van der Waals surface area (Å²) in [6, 6.07) is 16.8. The van der Waals surface area contributed by atoms with Crippen LogP contribution >= 0.6 is 0 Å². The molecule has 25 heavy (non-hydrogen) atoms. The zero-order valence-electron chi connectivity index (χ0n) is 14.2. The van der Waals surface area contributed by atoms with E-state index in [2.05, 4.69) is 57.8 Å². The maximum absolute atomic E-state index is 6.05. The van der Waals surface area contributed by atoms with Crippen LogP contribution in [0.3, 0.4) is 0 Å². The van der Waals surface area contributed by atoms with E-state index in [4.69, 9.17) is 5.73 Å². The Morgan fingerprint density at radius 2 is 1.96 bits per heavy atom. The van der Waals surface area contributed by atoms with E-state index in [0.717, 1.165) is 29.4 Å². The molecular formula is C21H22N4. The predicted molar refractivity (Wildman–Crippen MR) is 104 cm³/mol. The minimum Gasteiger partial charge on any atom is -0.370 e. The van der Waals surface area contributed by atoms with Crippen molar-refractivity contribution in [2.45, 2.75) is 25.7 Å². The SMILES string of the molecule is NC(=NCCc1cccc2cccnc12)Nc1ccc2c(c1)CCC2. The minimum atomic E-state index is 0.464. The van der Waals surface area contributed by atoms with Crippen LogP contribution in [-0.4, -0.2) is 17.5 Å².